The topological polar surface area (TPSA) is 55.7 Å². The number of nitrogens with zero attached hydrogens (tertiary/aromatic N) is 1. The van der Waals surface area contributed by atoms with Crippen LogP contribution in [0.5, 0.6) is 0 Å². The lowest BCUT2D eigenvalue weighted by atomic mass is 10.2. The Hall–Kier alpha value is -0.710. The maximum Gasteiger partial charge on any atom is 0.454 e. The molecule has 0 rings (SSSR count). The van der Waals surface area contributed by atoms with Gasteiger partial charge in [-0.2, -0.15) is 39.2 Å². The predicted molar refractivity (Wildman–Crippen MR) is 40.2 cm³/mol. The van der Waals surface area contributed by atoms with Crippen molar-refractivity contribution in [1.29, 1.82) is 0 Å². The molecular formula is C3F11NO3S2. The molecule has 17 heteroatoms. The first kappa shape index (κ1) is 19.3. The monoisotopic (exact) mass is 371 g/mol. The van der Waals surface area contributed by atoms with Gasteiger partial charge in [-0.25, -0.2) is 0 Å². The van der Waals surface area contributed by atoms with Crippen molar-refractivity contribution in [2.75, 3.05) is 0 Å². The summed E-state index contributed by atoms with van der Waals surface area (Å²) in [6.07, 6.45) is -14.5. The molecule has 0 amide bonds. The first-order chi connectivity index (χ1) is 8.18. The van der Waals surface area contributed by atoms with Gasteiger partial charge in [0.1, 0.15) is 0 Å². The van der Waals surface area contributed by atoms with Crippen LogP contribution in [0.2, 0.25) is 0 Å². The smallest absolute Gasteiger partial charge is 0.196 e. The lowest BCUT2D eigenvalue weighted by Crippen LogP contribution is -2.53. The van der Waals surface area contributed by atoms with Gasteiger partial charge in [-0.3, -0.25) is 0 Å². The molecule has 0 N–H and O–H groups in total. The zero-order valence-corrected chi connectivity index (χ0v) is 9.78. The van der Waals surface area contributed by atoms with E-state index in [4.69, 9.17) is 0 Å². The van der Waals surface area contributed by atoms with Gasteiger partial charge in [0, 0.05) is 0 Å². The Morgan fingerprint density at radius 3 is 1.35 bits per heavy atom. The third kappa shape index (κ3) is 4.69. The van der Waals surface area contributed by atoms with E-state index in [-0.39, 0.29) is 4.36 Å². The number of rotatable bonds is 3. The van der Waals surface area contributed by atoms with Crippen LogP contribution in [0.15, 0.2) is 4.36 Å². The van der Waals surface area contributed by atoms with Gasteiger partial charge in [-0.15, -0.1) is 7.99 Å². The van der Waals surface area contributed by atoms with E-state index in [0.29, 0.717) is 0 Å². The van der Waals surface area contributed by atoms with Crippen molar-refractivity contribution in [2.45, 2.75) is 18.1 Å². The fourth-order valence-electron chi connectivity index (χ4n) is 0.602. The number of hydrogen-bond donors (Lipinski definition) is 0. The first-order valence-electron chi connectivity index (χ1n) is 3.51. The van der Waals surface area contributed by atoms with Gasteiger partial charge in [0.15, 0.2) is 0 Å². The van der Waals surface area contributed by atoms with Crippen molar-refractivity contribution < 1.29 is 58.3 Å². The molecule has 0 fully saturated rings. The SMILES string of the molecule is O=S(=O)(F)OS(F)(F)(F)=NC(F)(C(F)(F)F)C(F)(F)F. The predicted octanol–water partition coefficient (Wildman–Crippen LogP) is 3.45. The van der Waals surface area contributed by atoms with Gasteiger partial charge in [-0.1, -0.05) is 15.5 Å². The van der Waals surface area contributed by atoms with Crippen LogP contribution < -0.4 is 0 Å². The molecule has 20 heavy (non-hydrogen) atoms. The summed E-state index contributed by atoms with van der Waals surface area (Å²) in [4.78, 5) is 0. The highest BCUT2D eigenvalue weighted by molar-refractivity contribution is 8.10. The summed E-state index contributed by atoms with van der Waals surface area (Å²) >= 11 is 0. The molecule has 0 heterocycles. The van der Waals surface area contributed by atoms with E-state index in [1.165, 1.54) is 3.63 Å². The average Bonchev–Trinajstić information content (AvgIpc) is 1.90. The quantitative estimate of drug-likeness (QED) is 0.434. The summed E-state index contributed by atoms with van der Waals surface area (Å²) in [5, 5.41) is 0. The van der Waals surface area contributed by atoms with Crippen LogP contribution in [0.3, 0.4) is 0 Å². The summed E-state index contributed by atoms with van der Waals surface area (Å²) in [5.41, 5.74) is 0. The third-order valence-corrected chi connectivity index (χ3v) is 3.25. The molecule has 0 bridgehead atoms. The Balaban J connectivity index is 6.37. The third-order valence-electron chi connectivity index (χ3n) is 1.21. The Labute approximate surface area is 103 Å². The van der Waals surface area contributed by atoms with Crippen LogP contribution in [0.25, 0.3) is 0 Å². The second-order valence-electron chi connectivity index (χ2n) is 2.82. The second kappa shape index (κ2) is 4.39. The lowest BCUT2D eigenvalue weighted by molar-refractivity contribution is -0.338. The van der Waals surface area contributed by atoms with Crippen molar-refractivity contribution in [3.63, 3.8) is 0 Å². The lowest BCUT2D eigenvalue weighted by Gasteiger charge is -2.29. The largest absolute Gasteiger partial charge is 0.454 e. The van der Waals surface area contributed by atoms with Crippen LogP contribution in [0.1, 0.15) is 0 Å². The molecule has 0 aliphatic rings. The highest BCUT2D eigenvalue weighted by Crippen LogP contribution is 2.52. The molecule has 0 aromatic heterocycles. The minimum absolute atomic E-state index is 0.150. The Morgan fingerprint density at radius 1 is 0.850 bits per heavy atom. The van der Waals surface area contributed by atoms with E-state index in [1.807, 2.05) is 0 Å². The molecule has 0 unspecified atom stereocenters. The summed E-state index contributed by atoms with van der Waals surface area (Å²) in [5.74, 6) is -7.22. The molecule has 0 radical (unpaired) electrons. The maximum absolute atomic E-state index is 12.6. The molecule has 0 aromatic carbocycles. The molecule has 0 spiro atoms. The van der Waals surface area contributed by atoms with E-state index < -0.39 is 39.0 Å². The maximum atomic E-state index is 12.6. The van der Waals surface area contributed by atoms with Gasteiger partial charge in [0.25, 0.3) is 0 Å². The zero-order chi connectivity index (χ0) is 16.9. The normalized spacial score (nSPS) is 17.4. The minimum Gasteiger partial charge on any atom is -0.196 e. The molecule has 0 aromatic rings. The van der Waals surface area contributed by atoms with E-state index >= 15 is 0 Å². The fraction of sp³-hybridized carbons (Fsp3) is 1.00. The fourth-order valence-corrected chi connectivity index (χ4v) is 2.35. The van der Waals surface area contributed by atoms with E-state index in [9.17, 15) is 54.7 Å². The van der Waals surface area contributed by atoms with E-state index in [2.05, 4.69) is 0 Å². The molecule has 124 valence electrons. The second-order valence-corrected chi connectivity index (χ2v) is 5.62. The first-order valence-corrected chi connectivity index (χ1v) is 6.45. The Morgan fingerprint density at radius 2 is 1.15 bits per heavy atom. The van der Waals surface area contributed by atoms with Crippen molar-refractivity contribution in [3.05, 3.63) is 0 Å². The van der Waals surface area contributed by atoms with Gasteiger partial charge in [0.2, 0.25) is 0 Å². The summed E-state index contributed by atoms with van der Waals surface area (Å²) < 4.78 is 152. The van der Waals surface area contributed by atoms with Crippen molar-refractivity contribution in [3.8, 4) is 0 Å². The van der Waals surface area contributed by atoms with E-state index in [0.717, 1.165) is 0 Å². The van der Waals surface area contributed by atoms with Crippen molar-refractivity contribution in [2.24, 2.45) is 4.36 Å². The average molecular weight is 371 g/mol. The highest BCUT2D eigenvalue weighted by atomic mass is 32.4. The van der Waals surface area contributed by atoms with Crippen LogP contribution >= 0.6 is 0 Å². The van der Waals surface area contributed by atoms with Crippen molar-refractivity contribution in [1.82, 2.24) is 0 Å². The van der Waals surface area contributed by atoms with Gasteiger partial charge in [-0.05, 0) is 0 Å². The number of hydrogen-bond acceptors (Lipinski definition) is 4. The minimum atomic E-state index is -9.55. The molecular weight excluding hydrogens is 371 g/mol. The van der Waals surface area contributed by atoms with Gasteiger partial charge in [0.05, 0.1) is 0 Å². The molecule has 0 aliphatic carbocycles. The zero-order valence-electron chi connectivity index (χ0n) is 8.15. The van der Waals surface area contributed by atoms with Crippen LogP contribution in [-0.2, 0) is 24.5 Å². The number of halogens is 11. The van der Waals surface area contributed by atoms with Gasteiger partial charge >= 0.3 is 39.0 Å². The highest BCUT2D eigenvalue weighted by Gasteiger charge is 2.76. The van der Waals surface area contributed by atoms with E-state index in [1.54, 1.807) is 0 Å². The standard InChI is InChI=1S/C3F11NO3S2/c4-1(2(5,6)7,3(8,9)10)15-20(12,13,14)18-19(11,16)17. The Kier molecular flexibility index (Phi) is 4.23. The molecule has 4 nitrogen and oxygen atoms in total. The molecule has 0 aliphatic heterocycles. The van der Waals surface area contributed by atoms with Crippen LogP contribution in [0.4, 0.5) is 46.3 Å². The summed E-state index contributed by atoms with van der Waals surface area (Å²) in [6.45, 7) is 0. The Bertz CT molecular complexity index is 525. The van der Waals surface area contributed by atoms with Crippen molar-refractivity contribution >= 4 is 20.9 Å². The molecule has 0 saturated heterocycles. The summed E-state index contributed by atoms with van der Waals surface area (Å²) in [6, 6.07) is 0. The molecule has 0 atom stereocenters. The number of alkyl halides is 7. The molecule has 0 saturated carbocycles. The van der Waals surface area contributed by atoms with Crippen LogP contribution in [0, 0.1) is 0 Å². The van der Waals surface area contributed by atoms with Gasteiger partial charge < -0.3 is 0 Å². The van der Waals surface area contributed by atoms with Crippen LogP contribution in [-0.4, -0.2) is 26.6 Å². The summed E-state index contributed by atoms with van der Waals surface area (Å²) in [7, 11) is -16.6.